The molecule has 1 amide bonds. The number of hydrogen-bond donors (Lipinski definition) is 1. The molecule has 1 heterocycles. The molecule has 0 aromatic carbocycles. The monoisotopic (exact) mass is 264 g/mol. The number of rotatable bonds is 5. The Balaban J connectivity index is 1.33. The molecule has 2 aliphatic carbocycles. The summed E-state index contributed by atoms with van der Waals surface area (Å²) in [7, 11) is 0. The Labute approximate surface area is 117 Å². The molecule has 2 saturated carbocycles. The Bertz CT molecular complexity index is 315. The summed E-state index contributed by atoms with van der Waals surface area (Å²) in [6, 6.07) is 0. The second kappa shape index (κ2) is 5.82. The van der Waals surface area contributed by atoms with Gasteiger partial charge in [-0.15, -0.1) is 0 Å². The van der Waals surface area contributed by atoms with Crippen LogP contribution in [0.15, 0.2) is 0 Å². The van der Waals surface area contributed by atoms with Crippen molar-refractivity contribution >= 4 is 5.91 Å². The van der Waals surface area contributed by atoms with Crippen molar-refractivity contribution in [3.05, 3.63) is 0 Å². The molecule has 1 N–H and O–H groups in total. The van der Waals surface area contributed by atoms with Gasteiger partial charge in [-0.2, -0.15) is 0 Å². The van der Waals surface area contributed by atoms with E-state index in [9.17, 15) is 4.79 Å². The van der Waals surface area contributed by atoms with E-state index in [1.807, 2.05) is 0 Å². The van der Waals surface area contributed by atoms with Gasteiger partial charge in [0.25, 0.3) is 0 Å². The van der Waals surface area contributed by atoms with Crippen LogP contribution in [0.5, 0.6) is 0 Å². The smallest absolute Gasteiger partial charge is 0.223 e. The van der Waals surface area contributed by atoms with Gasteiger partial charge < -0.3 is 10.2 Å². The topological polar surface area (TPSA) is 32.3 Å². The van der Waals surface area contributed by atoms with Gasteiger partial charge in [-0.1, -0.05) is 13.3 Å². The molecule has 0 bridgehead atoms. The first-order valence-electron chi connectivity index (χ1n) is 8.22. The van der Waals surface area contributed by atoms with Crippen molar-refractivity contribution in [1.29, 1.82) is 0 Å². The number of fused-ring (bicyclic) bond motifs is 1. The van der Waals surface area contributed by atoms with Crippen molar-refractivity contribution in [2.45, 2.75) is 45.4 Å². The average Bonchev–Trinajstić information content (AvgIpc) is 3.03. The van der Waals surface area contributed by atoms with E-state index in [2.05, 4.69) is 17.1 Å². The van der Waals surface area contributed by atoms with Crippen LogP contribution in [0.2, 0.25) is 0 Å². The molecule has 1 aliphatic heterocycles. The molecule has 3 nitrogen and oxygen atoms in total. The zero-order valence-corrected chi connectivity index (χ0v) is 12.2. The quantitative estimate of drug-likeness (QED) is 0.826. The summed E-state index contributed by atoms with van der Waals surface area (Å²) in [6.07, 6.45) is 7.82. The van der Waals surface area contributed by atoms with E-state index in [1.165, 1.54) is 38.8 Å². The molecule has 3 aliphatic rings. The standard InChI is InChI=1S/C16H28N2O/c1-12(11-18-5-3-2-4-6-18)10-17-16(19)15-8-13-7-14(13)9-15/h12-15H,2-11H2,1H3,(H,17,19). The number of hydrogen-bond acceptors (Lipinski definition) is 2. The molecule has 3 atom stereocenters. The van der Waals surface area contributed by atoms with E-state index in [-0.39, 0.29) is 0 Å². The summed E-state index contributed by atoms with van der Waals surface area (Å²) >= 11 is 0. The van der Waals surface area contributed by atoms with Crippen LogP contribution in [0, 0.1) is 23.7 Å². The minimum Gasteiger partial charge on any atom is -0.356 e. The van der Waals surface area contributed by atoms with Gasteiger partial charge >= 0.3 is 0 Å². The van der Waals surface area contributed by atoms with Gasteiger partial charge in [0.1, 0.15) is 0 Å². The Morgan fingerprint density at radius 1 is 1.16 bits per heavy atom. The van der Waals surface area contributed by atoms with Crippen LogP contribution in [-0.2, 0) is 4.79 Å². The van der Waals surface area contributed by atoms with Crippen molar-refractivity contribution in [3.8, 4) is 0 Å². The van der Waals surface area contributed by atoms with Crippen LogP contribution in [0.1, 0.15) is 45.4 Å². The minimum absolute atomic E-state index is 0.331. The molecular weight excluding hydrogens is 236 g/mol. The zero-order chi connectivity index (χ0) is 13.2. The minimum atomic E-state index is 0.331. The first kappa shape index (κ1) is 13.4. The highest BCUT2D eigenvalue weighted by Crippen LogP contribution is 2.54. The summed E-state index contributed by atoms with van der Waals surface area (Å²) in [4.78, 5) is 14.6. The molecule has 0 radical (unpaired) electrons. The highest BCUT2D eigenvalue weighted by molar-refractivity contribution is 5.79. The lowest BCUT2D eigenvalue weighted by atomic mass is 10.0. The van der Waals surface area contributed by atoms with Gasteiger partial charge in [-0.3, -0.25) is 4.79 Å². The van der Waals surface area contributed by atoms with E-state index >= 15 is 0 Å². The first-order chi connectivity index (χ1) is 9.22. The van der Waals surface area contributed by atoms with Crippen LogP contribution in [-0.4, -0.2) is 37.0 Å². The van der Waals surface area contributed by atoms with Crippen LogP contribution >= 0.6 is 0 Å². The molecule has 0 aromatic heterocycles. The Hall–Kier alpha value is -0.570. The van der Waals surface area contributed by atoms with Gasteiger partial charge in [0.2, 0.25) is 5.91 Å². The molecule has 108 valence electrons. The number of piperidine rings is 1. The lowest BCUT2D eigenvalue weighted by Crippen LogP contribution is -2.39. The fourth-order valence-electron chi connectivity index (χ4n) is 4.00. The van der Waals surface area contributed by atoms with E-state index in [4.69, 9.17) is 0 Å². The van der Waals surface area contributed by atoms with Gasteiger partial charge in [0.05, 0.1) is 0 Å². The second-order valence-corrected chi connectivity index (χ2v) is 7.14. The van der Waals surface area contributed by atoms with Crippen molar-refractivity contribution in [3.63, 3.8) is 0 Å². The second-order valence-electron chi connectivity index (χ2n) is 7.14. The Morgan fingerprint density at radius 3 is 2.53 bits per heavy atom. The first-order valence-corrected chi connectivity index (χ1v) is 8.22. The molecular formula is C16H28N2O. The molecule has 1 saturated heterocycles. The maximum atomic E-state index is 12.1. The average molecular weight is 264 g/mol. The third-order valence-electron chi connectivity index (χ3n) is 5.26. The lowest BCUT2D eigenvalue weighted by Gasteiger charge is -2.29. The normalized spacial score (nSPS) is 35.7. The highest BCUT2D eigenvalue weighted by Gasteiger charge is 2.47. The summed E-state index contributed by atoms with van der Waals surface area (Å²) in [5.74, 6) is 3.06. The maximum Gasteiger partial charge on any atom is 0.223 e. The number of amides is 1. The van der Waals surface area contributed by atoms with Gasteiger partial charge in [-0.05, 0) is 62.9 Å². The summed E-state index contributed by atoms with van der Waals surface area (Å²) < 4.78 is 0. The fourth-order valence-corrected chi connectivity index (χ4v) is 4.00. The third-order valence-corrected chi connectivity index (χ3v) is 5.26. The zero-order valence-electron chi connectivity index (χ0n) is 12.2. The number of carbonyl (C=O) groups is 1. The maximum absolute atomic E-state index is 12.1. The molecule has 3 fully saturated rings. The van der Waals surface area contributed by atoms with Crippen molar-refractivity contribution in [2.75, 3.05) is 26.2 Å². The van der Waals surface area contributed by atoms with E-state index < -0.39 is 0 Å². The van der Waals surface area contributed by atoms with E-state index in [0.29, 0.717) is 17.7 Å². The Morgan fingerprint density at radius 2 is 1.84 bits per heavy atom. The number of carbonyl (C=O) groups excluding carboxylic acids is 1. The van der Waals surface area contributed by atoms with Crippen LogP contribution < -0.4 is 5.32 Å². The Kier molecular flexibility index (Phi) is 4.11. The highest BCUT2D eigenvalue weighted by atomic mass is 16.1. The third kappa shape index (κ3) is 3.50. The van der Waals surface area contributed by atoms with Crippen LogP contribution in [0.25, 0.3) is 0 Å². The molecule has 3 heteroatoms. The molecule has 3 unspecified atom stereocenters. The predicted octanol–water partition coefficient (Wildman–Crippen LogP) is 2.27. The molecule has 0 aromatic rings. The lowest BCUT2D eigenvalue weighted by molar-refractivity contribution is -0.125. The molecule has 19 heavy (non-hydrogen) atoms. The summed E-state index contributed by atoms with van der Waals surface area (Å²) in [5, 5.41) is 3.19. The van der Waals surface area contributed by atoms with Crippen LogP contribution in [0.4, 0.5) is 0 Å². The predicted molar refractivity (Wildman–Crippen MR) is 76.8 cm³/mol. The van der Waals surface area contributed by atoms with E-state index in [0.717, 1.165) is 37.8 Å². The van der Waals surface area contributed by atoms with Crippen LogP contribution in [0.3, 0.4) is 0 Å². The SMILES string of the molecule is CC(CNC(=O)C1CC2CC2C1)CN1CCCCC1. The molecule has 3 rings (SSSR count). The number of nitrogens with one attached hydrogen (secondary N) is 1. The van der Waals surface area contributed by atoms with Crippen molar-refractivity contribution in [2.24, 2.45) is 23.7 Å². The summed E-state index contributed by atoms with van der Waals surface area (Å²) in [5.41, 5.74) is 0. The van der Waals surface area contributed by atoms with Crippen molar-refractivity contribution < 1.29 is 4.79 Å². The van der Waals surface area contributed by atoms with Gasteiger partial charge in [0, 0.05) is 19.0 Å². The molecule has 0 spiro atoms. The fraction of sp³-hybridized carbons (Fsp3) is 0.938. The number of nitrogens with zero attached hydrogens (tertiary/aromatic N) is 1. The van der Waals surface area contributed by atoms with Crippen molar-refractivity contribution in [1.82, 2.24) is 10.2 Å². The largest absolute Gasteiger partial charge is 0.356 e. The van der Waals surface area contributed by atoms with E-state index in [1.54, 1.807) is 0 Å². The summed E-state index contributed by atoms with van der Waals surface area (Å²) in [6.45, 7) is 6.78. The number of likely N-dealkylation sites (tertiary alicyclic amines) is 1. The van der Waals surface area contributed by atoms with Gasteiger partial charge in [0.15, 0.2) is 0 Å². The van der Waals surface area contributed by atoms with Gasteiger partial charge in [-0.25, -0.2) is 0 Å².